The molecule has 0 saturated carbocycles. The van der Waals surface area contributed by atoms with E-state index in [-0.39, 0.29) is 0 Å². The maximum atomic E-state index is 14.6. The van der Waals surface area contributed by atoms with E-state index in [9.17, 15) is 34.8 Å². The van der Waals surface area contributed by atoms with Crippen LogP contribution in [0.5, 0.6) is 0 Å². The van der Waals surface area contributed by atoms with Crippen LogP contribution in [0.3, 0.4) is 0 Å². The summed E-state index contributed by atoms with van der Waals surface area (Å²) in [6.07, 6.45) is -5.34. The molecule has 25 heavy (non-hydrogen) atoms. The first-order valence-corrected chi connectivity index (χ1v) is 8.11. The van der Waals surface area contributed by atoms with E-state index >= 15 is 0 Å². The number of aromatic nitrogens is 2. The van der Waals surface area contributed by atoms with Gasteiger partial charge in [-0.1, -0.05) is 0 Å². The SMILES string of the molecule is Cc1c(C(F)(F)S(=O)(=O)C2=C(F)C(C)(C)ON2)c(C(F)(F)F)nn1C. The number of sulfone groups is 1. The van der Waals surface area contributed by atoms with E-state index in [1.54, 1.807) is 0 Å². The number of nitrogens with zero attached hydrogens (tertiary/aromatic N) is 2. The number of rotatable bonds is 3. The van der Waals surface area contributed by atoms with E-state index in [1.165, 1.54) is 5.48 Å². The lowest BCUT2D eigenvalue weighted by molar-refractivity contribution is -0.143. The Hall–Kier alpha value is -1.76. The molecule has 142 valence electrons. The highest BCUT2D eigenvalue weighted by atomic mass is 32.2. The minimum atomic E-state index is -5.92. The third-order valence-electron chi connectivity index (χ3n) is 3.63. The largest absolute Gasteiger partial charge is 0.435 e. The summed E-state index contributed by atoms with van der Waals surface area (Å²) < 4.78 is 107. The smallest absolute Gasteiger partial charge is 0.272 e. The Morgan fingerprint density at radius 3 is 2.12 bits per heavy atom. The molecule has 2 heterocycles. The minimum Gasteiger partial charge on any atom is -0.272 e. The standard InChI is InChI=1S/C12H13F6N3O3S/c1-5-6(8(11(14,15)16)19-21(5)4)12(17,18)25(22,23)9-7(13)10(2,3)24-20-9/h20H,1-4H3. The van der Waals surface area contributed by atoms with E-state index in [0.717, 1.165) is 27.8 Å². The minimum absolute atomic E-state index is 0.467. The van der Waals surface area contributed by atoms with Crippen molar-refractivity contribution in [1.29, 1.82) is 0 Å². The van der Waals surface area contributed by atoms with E-state index in [0.29, 0.717) is 4.68 Å². The second-order valence-electron chi connectivity index (χ2n) is 5.81. The van der Waals surface area contributed by atoms with Crippen LogP contribution in [0.25, 0.3) is 0 Å². The predicted molar refractivity (Wildman–Crippen MR) is 72.2 cm³/mol. The summed E-state index contributed by atoms with van der Waals surface area (Å²) in [5, 5.41) is -3.82. The molecule has 1 aliphatic heterocycles. The normalized spacial score (nSPS) is 18.6. The molecule has 0 unspecified atom stereocenters. The Balaban J connectivity index is 2.74. The van der Waals surface area contributed by atoms with Crippen molar-refractivity contribution in [3.05, 3.63) is 27.8 Å². The van der Waals surface area contributed by atoms with Gasteiger partial charge in [-0.2, -0.15) is 27.1 Å². The Kier molecular flexibility index (Phi) is 4.20. The Morgan fingerprint density at radius 2 is 1.72 bits per heavy atom. The number of alkyl halides is 5. The number of hydrogen-bond acceptors (Lipinski definition) is 5. The lowest BCUT2D eigenvalue weighted by Crippen LogP contribution is -2.33. The van der Waals surface area contributed by atoms with Crippen LogP contribution in [0.1, 0.15) is 30.8 Å². The zero-order valence-electron chi connectivity index (χ0n) is 13.3. The predicted octanol–water partition coefficient (Wildman–Crippen LogP) is 2.66. The zero-order valence-corrected chi connectivity index (χ0v) is 14.1. The topological polar surface area (TPSA) is 73.2 Å². The second kappa shape index (κ2) is 5.37. The van der Waals surface area contributed by atoms with Crippen LogP contribution < -0.4 is 5.48 Å². The Bertz CT molecular complexity index is 854. The van der Waals surface area contributed by atoms with Gasteiger partial charge in [-0.05, 0) is 20.8 Å². The summed E-state index contributed by atoms with van der Waals surface area (Å²) in [6, 6.07) is 0. The third kappa shape index (κ3) is 2.78. The van der Waals surface area contributed by atoms with Crippen LogP contribution in [-0.4, -0.2) is 23.8 Å². The van der Waals surface area contributed by atoms with Crippen molar-refractivity contribution in [2.45, 2.75) is 37.8 Å². The van der Waals surface area contributed by atoms with Gasteiger partial charge in [0, 0.05) is 12.7 Å². The molecule has 0 aliphatic carbocycles. The first-order valence-electron chi connectivity index (χ1n) is 6.63. The Morgan fingerprint density at radius 1 is 1.20 bits per heavy atom. The molecular formula is C12H13F6N3O3S. The molecule has 0 atom stereocenters. The average molecular weight is 393 g/mol. The Labute approximate surface area is 138 Å². The first kappa shape index (κ1) is 19.6. The molecule has 1 aromatic heterocycles. The van der Waals surface area contributed by atoms with Crippen molar-refractivity contribution in [3.8, 4) is 0 Å². The van der Waals surface area contributed by atoms with Crippen molar-refractivity contribution in [2.75, 3.05) is 0 Å². The summed E-state index contributed by atoms with van der Waals surface area (Å²) in [4.78, 5) is 4.56. The molecule has 0 amide bonds. The highest BCUT2D eigenvalue weighted by Crippen LogP contribution is 2.47. The molecule has 1 N–H and O–H groups in total. The summed E-state index contributed by atoms with van der Waals surface area (Å²) in [5.41, 5.74) is -5.03. The van der Waals surface area contributed by atoms with E-state index < -0.39 is 54.7 Å². The van der Waals surface area contributed by atoms with Crippen LogP contribution in [0, 0.1) is 6.92 Å². The summed E-state index contributed by atoms with van der Waals surface area (Å²) in [5.74, 6) is -1.58. The van der Waals surface area contributed by atoms with Gasteiger partial charge in [-0.3, -0.25) is 15.0 Å². The fourth-order valence-corrected chi connectivity index (χ4v) is 3.53. The molecule has 0 bridgehead atoms. The fourth-order valence-electron chi connectivity index (χ4n) is 2.13. The lowest BCUT2D eigenvalue weighted by Gasteiger charge is -2.19. The molecule has 2 rings (SSSR count). The van der Waals surface area contributed by atoms with Crippen molar-refractivity contribution >= 4 is 9.84 Å². The highest BCUT2D eigenvalue weighted by molar-refractivity contribution is 7.95. The first-order chi connectivity index (χ1) is 11.0. The number of hydrogen-bond donors (Lipinski definition) is 1. The second-order valence-corrected chi connectivity index (χ2v) is 7.74. The molecular weight excluding hydrogens is 380 g/mol. The number of nitrogens with one attached hydrogen (secondary N) is 1. The number of hydroxylamine groups is 1. The van der Waals surface area contributed by atoms with Gasteiger partial charge in [0.25, 0.3) is 9.84 Å². The van der Waals surface area contributed by atoms with Crippen LogP contribution in [-0.2, 0) is 33.2 Å². The van der Waals surface area contributed by atoms with Crippen molar-refractivity contribution in [3.63, 3.8) is 0 Å². The van der Waals surface area contributed by atoms with Gasteiger partial charge >= 0.3 is 11.4 Å². The molecule has 0 radical (unpaired) electrons. The fraction of sp³-hybridized carbons (Fsp3) is 0.583. The summed E-state index contributed by atoms with van der Waals surface area (Å²) >= 11 is 0. The molecule has 0 fully saturated rings. The van der Waals surface area contributed by atoms with Gasteiger partial charge in [0.05, 0.1) is 5.56 Å². The van der Waals surface area contributed by atoms with Gasteiger partial charge in [0.15, 0.2) is 16.5 Å². The molecule has 13 heteroatoms. The molecule has 0 spiro atoms. The van der Waals surface area contributed by atoms with Gasteiger partial charge in [0.2, 0.25) is 0 Å². The maximum absolute atomic E-state index is 14.6. The van der Waals surface area contributed by atoms with Gasteiger partial charge < -0.3 is 0 Å². The van der Waals surface area contributed by atoms with E-state index in [2.05, 4.69) is 9.94 Å². The quantitative estimate of drug-likeness (QED) is 0.800. The third-order valence-corrected chi connectivity index (χ3v) is 5.31. The molecule has 0 saturated heterocycles. The summed E-state index contributed by atoms with van der Waals surface area (Å²) in [6.45, 7) is 2.94. The lowest BCUT2D eigenvalue weighted by atomic mass is 10.1. The molecule has 1 aromatic rings. The van der Waals surface area contributed by atoms with Crippen molar-refractivity contribution in [1.82, 2.24) is 15.3 Å². The zero-order chi connectivity index (χ0) is 19.6. The van der Waals surface area contributed by atoms with E-state index in [4.69, 9.17) is 0 Å². The van der Waals surface area contributed by atoms with Gasteiger partial charge in [-0.25, -0.2) is 12.8 Å². The molecule has 1 aliphatic rings. The monoisotopic (exact) mass is 393 g/mol. The molecule has 0 aromatic carbocycles. The van der Waals surface area contributed by atoms with Crippen LogP contribution >= 0.6 is 0 Å². The van der Waals surface area contributed by atoms with E-state index in [1.807, 2.05) is 0 Å². The van der Waals surface area contributed by atoms with Crippen molar-refractivity contribution < 1.29 is 39.6 Å². The van der Waals surface area contributed by atoms with Gasteiger partial charge in [0.1, 0.15) is 5.60 Å². The van der Waals surface area contributed by atoms with Crippen molar-refractivity contribution in [2.24, 2.45) is 7.05 Å². The number of halogens is 6. The van der Waals surface area contributed by atoms with Crippen LogP contribution in [0.4, 0.5) is 26.3 Å². The average Bonchev–Trinajstić information content (AvgIpc) is 2.88. The maximum Gasteiger partial charge on any atom is 0.435 e. The number of aryl methyl sites for hydroxylation is 1. The van der Waals surface area contributed by atoms with Gasteiger partial charge in [-0.15, -0.1) is 0 Å². The summed E-state index contributed by atoms with van der Waals surface area (Å²) in [7, 11) is -4.98. The van der Waals surface area contributed by atoms with Crippen LogP contribution in [0.2, 0.25) is 0 Å². The molecule has 6 nitrogen and oxygen atoms in total. The van der Waals surface area contributed by atoms with Crippen LogP contribution in [0.15, 0.2) is 10.9 Å². The highest BCUT2D eigenvalue weighted by Gasteiger charge is 2.59.